The van der Waals surface area contributed by atoms with Crippen LogP contribution in [0.15, 0.2) is 46.9 Å². The highest BCUT2D eigenvalue weighted by Crippen LogP contribution is 2.24. The lowest BCUT2D eigenvalue weighted by molar-refractivity contribution is 0.102. The van der Waals surface area contributed by atoms with Crippen molar-refractivity contribution >= 4 is 43.2 Å². The Labute approximate surface area is 135 Å². The molecule has 0 fully saturated rings. The number of amides is 1. The van der Waals surface area contributed by atoms with E-state index in [1.54, 1.807) is 12.1 Å². The van der Waals surface area contributed by atoms with Crippen LogP contribution in [0.5, 0.6) is 0 Å². The minimum Gasteiger partial charge on any atom is -0.320 e. The van der Waals surface area contributed by atoms with Crippen molar-refractivity contribution in [1.82, 2.24) is 0 Å². The van der Waals surface area contributed by atoms with Gasteiger partial charge in [-0.3, -0.25) is 9.52 Å². The zero-order valence-electron chi connectivity index (χ0n) is 11.4. The minimum absolute atomic E-state index is 0.150. The van der Waals surface area contributed by atoms with Crippen LogP contribution in [-0.2, 0) is 10.0 Å². The third kappa shape index (κ3) is 4.28. The number of carbonyl (C=O) groups is 1. The first-order valence-corrected chi connectivity index (χ1v) is 8.78. The maximum Gasteiger partial charge on any atom is 0.258 e. The Morgan fingerprint density at radius 1 is 1.14 bits per heavy atom. The predicted molar refractivity (Wildman–Crippen MR) is 87.0 cm³/mol. The van der Waals surface area contributed by atoms with Gasteiger partial charge < -0.3 is 5.32 Å². The van der Waals surface area contributed by atoms with Crippen molar-refractivity contribution in [3.05, 3.63) is 58.3 Å². The molecule has 0 aliphatic heterocycles. The van der Waals surface area contributed by atoms with Gasteiger partial charge in [-0.15, -0.1) is 0 Å². The van der Waals surface area contributed by atoms with Gasteiger partial charge in [-0.25, -0.2) is 12.8 Å². The summed E-state index contributed by atoms with van der Waals surface area (Å²) in [4.78, 5) is 12.2. The normalized spacial score (nSPS) is 11.0. The number of carbonyl (C=O) groups excluding carboxylic acids is 1. The SMILES string of the molecule is CS(=O)(=O)Nc1ccccc1NC(=O)c1cc(Br)ccc1F. The molecule has 0 heterocycles. The molecule has 5 nitrogen and oxygen atoms in total. The first kappa shape index (κ1) is 16.4. The van der Waals surface area contributed by atoms with Crippen molar-refractivity contribution in [1.29, 1.82) is 0 Å². The molecule has 8 heteroatoms. The quantitative estimate of drug-likeness (QED) is 0.846. The summed E-state index contributed by atoms with van der Waals surface area (Å²) in [6.45, 7) is 0. The predicted octanol–water partition coefficient (Wildman–Crippen LogP) is 3.21. The van der Waals surface area contributed by atoms with Crippen molar-refractivity contribution in [2.45, 2.75) is 0 Å². The molecule has 1 amide bonds. The summed E-state index contributed by atoms with van der Waals surface area (Å²) in [5, 5.41) is 2.49. The number of hydrogen-bond acceptors (Lipinski definition) is 3. The van der Waals surface area contributed by atoms with E-state index in [0.717, 1.165) is 6.26 Å². The largest absolute Gasteiger partial charge is 0.320 e. The van der Waals surface area contributed by atoms with Crippen molar-refractivity contribution < 1.29 is 17.6 Å². The number of hydrogen-bond donors (Lipinski definition) is 2. The summed E-state index contributed by atoms with van der Waals surface area (Å²) in [5.74, 6) is -1.35. The monoisotopic (exact) mass is 386 g/mol. The molecule has 0 saturated carbocycles. The fourth-order valence-corrected chi connectivity index (χ4v) is 2.68. The number of nitrogens with one attached hydrogen (secondary N) is 2. The smallest absolute Gasteiger partial charge is 0.258 e. The molecular formula is C14H12BrFN2O3S. The molecule has 2 N–H and O–H groups in total. The molecule has 22 heavy (non-hydrogen) atoms. The Morgan fingerprint density at radius 3 is 2.41 bits per heavy atom. The Hall–Kier alpha value is -1.93. The topological polar surface area (TPSA) is 75.3 Å². The Kier molecular flexibility index (Phi) is 4.82. The number of sulfonamides is 1. The van der Waals surface area contributed by atoms with Crippen LogP contribution in [-0.4, -0.2) is 20.6 Å². The molecule has 0 radical (unpaired) electrons. The first-order chi connectivity index (χ1) is 10.3. The lowest BCUT2D eigenvalue weighted by Gasteiger charge is -2.12. The van der Waals surface area contributed by atoms with Gasteiger partial charge in [0.2, 0.25) is 10.0 Å². The number of para-hydroxylation sites is 2. The van der Waals surface area contributed by atoms with Crippen LogP contribution in [0.3, 0.4) is 0 Å². The van der Waals surface area contributed by atoms with Gasteiger partial charge in [0.05, 0.1) is 23.2 Å². The number of rotatable bonds is 4. The Morgan fingerprint density at radius 2 is 1.77 bits per heavy atom. The van der Waals surface area contributed by atoms with E-state index in [1.165, 1.54) is 30.3 Å². The van der Waals surface area contributed by atoms with Gasteiger partial charge in [-0.1, -0.05) is 28.1 Å². The summed E-state index contributed by atoms with van der Waals surface area (Å²) in [5.41, 5.74) is 0.287. The van der Waals surface area contributed by atoms with Gasteiger partial charge in [0, 0.05) is 4.47 Å². The van der Waals surface area contributed by atoms with E-state index in [9.17, 15) is 17.6 Å². The number of halogens is 2. The van der Waals surface area contributed by atoms with Gasteiger partial charge in [0.25, 0.3) is 5.91 Å². The molecule has 0 bridgehead atoms. The highest BCUT2D eigenvalue weighted by Gasteiger charge is 2.15. The molecule has 0 spiro atoms. The van der Waals surface area contributed by atoms with Crippen LogP contribution in [0.1, 0.15) is 10.4 Å². The maximum absolute atomic E-state index is 13.7. The summed E-state index contributed by atoms with van der Waals surface area (Å²) in [7, 11) is -3.50. The van der Waals surface area contributed by atoms with E-state index in [1.807, 2.05) is 0 Å². The van der Waals surface area contributed by atoms with Crippen molar-refractivity contribution in [3.63, 3.8) is 0 Å². The Bertz CT molecular complexity index is 825. The fraction of sp³-hybridized carbons (Fsp3) is 0.0714. The summed E-state index contributed by atoms with van der Waals surface area (Å²) < 4.78 is 39.2. The first-order valence-electron chi connectivity index (χ1n) is 6.09. The summed E-state index contributed by atoms with van der Waals surface area (Å²) in [6.07, 6.45) is 1.000. The standard InChI is InChI=1S/C14H12BrFN2O3S/c1-22(20,21)18-13-5-3-2-4-12(13)17-14(19)10-8-9(15)6-7-11(10)16/h2-8,18H,1H3,(H,17,19). The lowest BCUT2D eigenvalue weighted by Crippen LogP contribution is -2.17. The van der Waals surface area contributed by atoms with Crippen molar-refractivity contribution in [2.75, 3.05) is 16.3 Å². The van der Waals surface area contributed by atoms with Crippen molar-refractivity contribution in [2.24, 2.45) is 0 Å². The van der Waals surface area contributed by atoms with E-state index >= 15 is 0 Å². The fourth-order valence-electron chi connectivity index (χ4n) is 1.74. The molecule has 0 unspecified atom stereocenters. The van der Waals surface area contributed by atoms with Crippen LogP contribution >= 0.6 is 15.9 Å². The highest BCUT2D eigenvalue weighted by atomic mass is 79.9. The van der Waals surface area contributed by atoms with Crippen LogP contribution in [0.2, 0.25) is 0 Å². The van der Waals surface area contributed by atoms with Crippen LogP contribution in [0.25, 0.3) is 0 Å². The molecule has 0 atom stereocenters. The van der Waals surface area contributed by atoms with Crippen LogP contribution < -0.4 is 10.0 Å². The second-order valence-corrected chi connectivity index (χ2v) is 7.16. The number of benzene rings is 2. The molecule has 2 aromatic carbocycles. The number of anilines is 2. The molecule has 2 rings (SSSR count). The molecule has 0 aliphatic carbocycles. The van der Waals surface area contributed by atoms with Gasteiger partial charge in [-0.2, -0.15) is 0 Å². The zero-order valence-corrected chi connectivity index (χ0v) is 13.8. The van der Waals surface area contributed by atoms with Crippen LogP contribution in [0.4, 0.5) is 15.8 Å². The van der Waals surface area contributed by atoms with Crippen molar-refractivity contribution in [3.8, 4) is 0 Å². The third-order valence-electron chi connectivity index (χ3n) is 2.64. The van der Waals surface area contributed by atoms with E-state index < -0.39 is 21.7 Å². The third-order valence-corrected chi connectivity index (χ3v) is 3.73. The average Bonchev–Trinajstić information content (AvgIpc) is 2.42. The van der Waals surface area contributed by atoms with E-state index in [-0.39, 0.29) is 16.9 Å². The second-order valence-electron chi connectivity index (χ2n) is 4.50. The molecule has 0 aromatic heterocycles. The molecule has 0 aliphatic rings. The van der Waals surface area contributed by atoms with E-state index in [4.69, 9.17) is 0 Å². The second kappa shape index (κ2) is 6.45. The molecule has 2 aromatic rings. The van der Waals surface area contributed by atoms with Gasteiger partial charge in [0.1, 0.15) is 5.82 Å². The van der Waals surface area contributed by atoms with Gasteiger partial charge >= 0.3 is 0 Å². The molecule has 116 valence electrons. The van der Waals surface area contributed by atoms with Crippen LogP contribution in [0, 0.1) is 5.82 Å². The molecular weight excluding hydrogens is 375 g/mol. The highest BCUT2D eigenvalue weighted by molar-refractivity contribution is 9.10. The van der Waals surface area contributed by atoms with Gasteiger partial charge in [0.15, 0.2) is 0 Å². The lowest BCUT2D eigenvalue weighted by atomic mass is 10.2. The zero-order chi connectivity index (χ0) is 16.3. The maximum atomic E-state index is 13.7. The van der Waals surface area contributed by atoms with E-state index in [0.29, 0.717) is 4.47 Å². The molecule has 0 saturated heterocycles. The summed E-state index contributed by atoms with van der Waals surface area (Å²) in [6, 6.07) is 10.2. The van der Waals surface area contributed by atoms with E-state index in [2.05, 4.69) is 26.0 Å². The Balaban J connectivity index is 2.31. The average molecular weight is 387 g/mol. The minimum atomic E-state index is -3.50. The van der Waals surface area contributed by atoms with Gasteiger partial charge in [-0.05, 0) is 30.3 Å². The summed E-state index contributed by atoms with van der Waals surface area (Å²) >= 11 is 3.17.